The molecular weight excluding hydrogens is 218 g/mol. The fraction of sp³-hybridized carbons (Fsp3) is 0.833. The van der Waals surface area contributed by atoms with Crippen LogP contribution in [0, 0.1) is 5.92 Å². The number of carbonyl (C=O) groups is 2. The van der Waals surface area contributed by atoms with E-state index in [4.69, 9.17) is 0 Å². The van der Waals surface area contributed by atoms with Crippen molar-refractivity contribution in [2.45, 2.75) is 31.7 Å². The number of likely N-dealkylation sites (N-methyl/N-ethyl adjacent to an activating group) is 1. The molecule has 0 aliphatic carbocycles. The molecule has 96 valence electrons. The molecule has 5 nitrogen and oxygen atoms in total. The molecule has 2 aliphatic rings. The van der Waals surface area contributed by atoms with Crippen molar-refractivity contribution in [1.29, 1.82) is 0 Å². The molecule has 2 fully saturated rings. The number of piperidine rings is 1. The lowest BCUT2D eigenvalue weighted by molar-refractivity contribution is -0.133. The third-order valence-electron chi connectivity index (χ3n) is 3.66. The Morgan fingerprint density at radius 1 is 1.35 bits per heavy atom. The van der Waals surface area contributed by atoms with Crippen molar-refractivity contribution in [3.8, 4) is 0 Å². The summed E-state index contributed by atoms with van der Waals surface area (Å²) >= 11 is 0. The predicted molar refractivity (Wildman–Crippen MR) is 64.4 cm³/mol. The zero-order valence-electron chi connectivity index (χ0n) is 10.4. The lowest BCUT2D eigenvalue weighted by atomic mass is 9.97. The van der Waals surface area contributed by atoms with Gasteiger partial charge >= 0.3 is 0 Å². The van der Waals surface area contributed by atoms with Gasteiger partial charge in [-0.25, -0.2) is 0 Å². The third kappa shape index (κ3) is 3.19. The molecule has 17 heavy (non-hydrogen) atoms. The number of nitrogens with one attached hydrogen (secondary N) is 2. The second-order valence-electron chi connectivity index (χ2n) is 5.07. The molecule has 0 aromatic rings. The molecule has 1 atom stereocenters. The summed E-state index contributed by atoms with van der Waals surface area (Å²) in [6, 6.07) is -0.283. The second kappa shape index (κ2) is 5.49. The van der Waals surface area contributed by atoms with E-state index in [2.05, 4.69) is 10.6 Å². The SMILES string of the molecule is CN(CC1CCNCC1)C(=O)[C@H]1CCC(=O)N1. The van der Waals surface area contributed by atoms with Gasteiger partial charge in [-0.3, -0.25) is 9.59 Å². The quantitative estimate of drug-likeness (QED) is 0.712. The molecule has 2 amide bonds. The lowest BCUT2D eigenvalue weighted by Crippen LogP contribution is -2.45. The van der Waals surface area contributed by atoms with Crippen LogP contribution in [0.5, 0.6) is 0 Å². The first kappa shape index (κ1) is 12.4. The van der Waals surface area contributed by atoms with Crippen LogP contribution in [0.4, 0.5) is 0 Å². The molecule has 0 aromatic carbocycles. The largest absolute Gasteiger partial charge is 0.344 e. The minimum absolute atomic E-state index is 0.00128. The van der Waals surface area contributed by atoms with E-state index in [-0.39, 0.29) is 17.9 Å². The first-order valence-electron chi connectivity index (χ1n) is 6.42. The Balaban J connectivity index is 1.80. The summed E-state index contributed by atoms with van der Waals surface area (Å²) in [5, 5.41) is 6.05. The molecule has 2 heterocycles. The molecule has 2 rings (SSSR count). The van der Waals surface area contributed by atoms with E-state index in [9.17, 15) is 9.59 Å². The molecule has 0 bridgehead atoms. The Kier molecular flexibility index (Phi) is 3.99. The molecule has 0 radical (unpaired) electrons. The van der Waals surface area contributed by atoms with Crippen molar-refractivity contribution in [2.24, 2.45) is 5.92 Å². The molecule has 0 spiro atoms. The number of carbonyl (C=O) groups excluding carboxylic acids is 2. The minimum Gasteiger partial charge on any atom is -0.344 e. The first-order chi connectivity index (χ1) is 8.16. The van der Waals surface area contributed by atoms with Gasteiger partial charge in [-0.15, -0.1) is 0 Å². The van der Waals surface area contributed by atoms with Gasteiger partial charge in [0.15, 0.2) is 0 Å². The van der Waals surface area contributed by atoms with Crippen LogP contribution in [0.1, 0.15) is 25.7 Å². The molecule has 2 aliphatic heterocycles. The van der Waals surface area contributed by atoms with Gasteiger partial charge in [0.25, 0.3) is 0 Å². The third-order valence-corrected chi connectivity index (χ3v) is 3.66. The summed E-state index contributed by atoms with van der Waals surface area (Å²) in [4.78, 5) is 24.9. The predicted octanol–water partition coefficient (Wildman–Crippen LogP) is -0.277. The molecule has 0 saturated carbocycles. The smallest absolute Gasteiger partial charge is 0.244 e. The van der Waals surface area contributed by atoms with Crippen LogP contribution in [0.3, 0.4) is 0 Å². The van der Waals surface area contributed by atoms with E-state index in [1.165, 1.54) is 0 Å². The standard InChI is InChI=1S/C12H21N3O2/c1-15(8-9-4-6-13-7-5-9)12(17)10-2-3-11(16)14-10/h9-10,13H,2-8H2,1H3,(H,14,16)/t10-/m1/s1. The Morgan fingerprint density at radius 3 is 2.65 bits per heavy atom. The van der Waals surface area contributed by atoms with E-state index < -0.39 is 0 Å². The summed E-state index contributed by atoms with van der Waals surface area (Å²) in [5.41, 5.74) is 0. The highest BCUT2D eigenvalue weighted by molar-refractivity contribution is 5.90. The van der Waals surface area contributed by atoms with Crippen molar-refractivity contribution in [3.63, 3.8) is 0 Å². The molecule has 5 heteroatoms. The van der Waals surface area contributed by atoms with Gasteiger partial charge in [0.2, 0.25) is 11.8 Å². The van der Waals surface area contributed by atoms with Crippen LogP contribution in [0.2, 0.25) is 0 Å². The van der Waals surface area contributed by atoms with E-state index in [1.807, 2.05) is 7.05 Å². The summed E-state index contributed by atoms with van der Waals surface area (Å²) in [5.74, 6) is 0.662. The Labute approximate surface area is 102 Å². The number of hydrogen-bond donors (Lipinski definition) is 2. The van der Waals surface area contributed by atoms with Crippen LogP contribution in [0.25, 0.3) is 0 Å². The topological polar surface area (TPSA) is 61.4 Å². The van der Waals surface area contributed by atoms with Crippen molar-refractivity contribution in [2.75, 3.05) is 26.7 Å². The Hall–Kier alpha value is -1.10. The summed E-state index contributed by atoms with van der Waals surface area (Å²) in [6.07, 6.45) is 3.40. The van der Waals surface area contributed by atoms with Gasteiger partial charge in [0.05, 0.1) is 0 Å². The average molecular weight is 239 g/mol. The maximum absolute atomic E-state index is 12.1. The summed E-state index contributed by atoms with van der Waals surface area (Å²) < 4.78 is 0. The van der Waals surface area contributed by atoms with E-state index >= 15 is 0 Å². The summed E-state index contributed by atoms with van der Waals surface area (Å²) in [7, 11) is 1.84. The van der Waals surface area contributed by atoms with Gasteiger partial charge in [-0.2, -0.15) is 0 Å². The minimum atomic E-state index is -0.283. The normalized spacial score (nSPS) is 25.7. The molecule has 2 saturated heterocycles. The summed E-state index contributed by atoms with van der Waals surface area (Å²) in [6.45, 7) is 2.91. The number of amides is 2. The maximum atomic E-state index is 12.1. The van der Waals surface area contributed by atoms with Gasteiger partial charge in [0, 0.05) is 20.0 Å². The Morgan fingerprint density at radius 2 is 2.06 bits per heavy atom. The molecule has 0 aromatic heterocycles. The zero-order chi connectivity index (χ0) is 12.3. The van der Waals surface area contributed by atoms with Crippen LogP contribution in [-0.4, -0.2) is 49.4 Å². The monoisotopic (exact) mass is 239 g/mol. The second-order valence-corrected chi connectivity index (χ2v) is 5.07. The van der Waals surface area contributed by atoms with Crippen LogP contribution >= 0.6 is 0 Å². The van der Waals surface area contributed by atoms with Crippen molar-refractivity contribution in [1.82, 2.24) is 15.5 Å². The molecule has 2 N–H and O–H groups in total. The average Bonchev–Trinajstić information content (AvgIpc) is 2.76. The highest BCUT2D eigenvalue weighted by atomic mass is 16.2. The molecule has 0 unspecified atom stereocenters. The number of hydrogen-bond acceptors (Lipinski definition) is 3. The first-order valence-corrected chi connectivity index (χ1v) is 6.42. The van der Waals surface area contributed by atoms with E-state index in [1.54, 1.807) is 4.90 Å². The highest BCUT2D eigenvalue weighted by Crippen LogP contribution is 2.15. The van der Waals surface area contributed by atoms with Crippen molar-refractivity contribution >= 4 is 11.8 Å². The maximum Gasteiger partial charge on any atom is 0.244 e. The van der Waals surface area contributed by atoms with Crippen LogP contribution < -0.4 is 10.6 Å². The van der Waals surface area contributed by atoms with Crippen LogP contribution in [0.15, 0.2) is 0 Å². The van der Waals surface area contributed by atoms with Crippen molar-refractivity contribution < 1.29 is 9.59 Å². The lowest BCUT2D eigenvalue weighted by Gasteiger charge is -2.28. The van der Waals surface area contributed by atoms with Gasteiger partial charge in [0.1, 0.15) is 6.04 Å². The highest BCUT2D eigenvalue weighted by Gasteiger charge is 2.30. The Bertz CT molecular complexity index is 300. The fourth-order valence-electron chi connectivity index (χ4n) is 2.61. The number of nitrogens with zero attached hydrogens (tertiary/aromatic N) is 1. The van der Waals surface area contributed by atoms with Crippen LogP contribution in [-0.2, 0) is 9.59 Å². The molecular formula is C12H21N3O2. The fourth-order valence-corrected chi connectivity index (χ4v) is 2.61. The number of rotatable bonds is 3. The van der Waals surface area contributed by atoms with Gasteiger partial charge in [-0.05, 0) is 38.3 Å². The van der Waals surface area contributed by atoms with E-state index in [0.717, 1.165) is 32.5 Å². The van der Waals surface area contributed by atoms with Crippen molar-refractivity contribution in [3.05, 3.63) is 0 Å². The zero-order valence-corrected chi connectivity index (χ0v) is 10.4. The van der Waals surface area contributed by atoms with E-state index in [0.29, 0.717) is 18.8 Å². The van der Waals surface area contributed by atoms with Gasteiger partial charge in [-0.1, -0.05) is 0 Å². The van der Waals surface area contributed by atoms with Gasteiger partial charge < -0.3 is 15.5 Å².